The first-order chi connectivity index (χ1) is 17.8. The highest BCUT2D eigenvalue weighted by Gasteiger charge is 2.36. The van der Waals surface area contributed by atoms with Crippen LogP contribution in [0, 0.1) is 22.4 Å². The Bertz CT molecular complexity index is 1540. The molecule has 37 heavy (non-hydrogen) atoms. The van der Waals surface area contributed by atoms with Crippen molar-refractivity contribution in [3.63, 3.8) is 0 Å². The van der Waals surface area contributed by atoms with E-state index in [0.717, 1.165) is 23.1 Å². The van der Waals surface area contributed by atoms with Gasteiger partial charge in [-0.05, 0) is 60.7 Å². The minimum atomic E-state index is -0.617. The van der Waals surface area contributed by atoms with Crippen LogP contribution in [0.5, 0.6) is 11.5 Å². The number of nitro groups is 1. The number of methoxy groups -OCH3 is 1. The molecule has 3 aromatic rings. The number of nitrogens with one attached hydrogen (secondary N) is 1. The van der Waals surface area contributed by atoms with Gasteiger partial charge in [0.1, 0.15) is 34.7 Å². The van der Waals surface area contributed by atoms with Gasteiger partial charge in [-0.2, -0.15) is 15.1 Å². The average Bonchev–Trinajstić information content (AvgIpc) is 3.52. The zero-order chi connectivity index (χ0) is 26.1. The molecule has 11 nitrogen and oxygen atoms in total. The molecule has 186 valence electrons. The normalized spacial score (nSPS) is 15.9. The number of amidine groups is 2. The molecule has 2 aliphatic rings. The molecule has 2 aliphatic heterocycles. The Morgan fingerprint density at radius 2 is 2.03 bits per heavy atom. The van der Waals surface area contributed by atoms with Crippen LogP contribution < -0.4 is 9.47 Å². The fourth-order valence-electron chi connectivity index (χ4n) is 3.66. The summed E-state index contributed by atoms with van der Waals surface area (Å²) in [5.41, 5.74) is 1.01. The number of ether oxygens (including phenoxy) is 2. The molecule has 0 saturated heterocycles. The predicted octanol–water partition coefficient (Wildman–Crippen LogP) is 4.87. The molecule has 0 saturated carbocycles. The maximum atomic E-state index is 12.7. The minimum absolute atomic E-state index is 0.0284. The highest BCUT2D eigenvalue weighted by molar-refractivity contribution is 8.27. The standard InChI is InChI=1S/C25H19N5O6S/c1-14-5-3-4-6-20(14)35-13-22-28-29-23(26)18(24(31)27-25(29)37-22)11-16-8-10-21(36-16)17-9-7-15(34-2)12-19(17)30(32)33/h3-12,26H,13H2,1-2H3/b18-11-,26-23?. The molecule has 5 rings (SSSR count). The predicted molar refractivity (Wildman–Crippen MR) is 139 cm³/mol. The summed E-state index contributed by atoms with van der Waals surface area (Å²) in [5, 5.41) is 26.5. The number of rotatable bonds is 7. The van der Waals surface area contributed by atoms with Crippen molar-refractivity contribution in [2.75, 3.05) is 13.7 Å². The van der Waals surface area contributed by atoms with Crippen LogP contribution in [0.4, 0.5) is 5.69 Å². The van der Waals surface area contributed by atoms with Crippen LogP contribution in [-0.4, -0.2) is 45.6 Å². The van der Waals surface area contributed by atoms with E-state index in [-0.39, 0.29) is 46.0 Å². The summed E-state index contributed by atoms with van der Waals surface area (Å²) in [7, 11) is 1.42. The number of hydrazone groups is 1. The lowest BCUT2D eigenvalue weighted by Gasteiger charge is -2.19. The number of hydrogen-bond acceptors (Lipinski definition) is 9. The molecule has 0 atom stereocenters. The Morgan fingerprint density at radius 3 is 2.78 bits per heavy atom. The molecular weight excluding hydrogens is 498 g/mol. The highest BCUT2D eigenvalue weighted by atomic mass is 32.2. The minimum Gasteiger partial charge on any atom is -0.497 e. The van der Waals surface area contributed by atoms with Crippen molar-refractivity contribution in [1.82, 2.24) is 5.01 Å². The van der Waals surface area contributed by atoms with Gasteiger partial charge in [0.25, 0.3) is 11.6 Å². The Hall–Kier alpha value is -4.71. The first kappa shape index (κ1) is 24.0. The summed E-state index contributed by atoms with van der Waals surface area (Å²) in [6.07, 6.45) is 1.37. The van der Waals surface area contributed by atoms with Gasteiger partial charge < -0.3 is 13.9 Å². The number of benzene rings is 2. The summed E-state index contributed by atoms with van der Waals surface area (Å²) in [6.45, 7) is 2.10. The summed E-state index contributed by atoms with van der Waals surface area (Å²) in [5.74, 6) is 0.730. The van der Waals surface area contributed by atoms with Crippen molar-refractivity contribution < 1.29 is 23.6 Å². The van der Waals surface area contributed by atoms with E-state index in [4.69, 9.17) is 19.3 Å². The molecule has 1 N–H and O–H groups in total. The zero-order valence-electron chi connectivity index (χ0n) is 19.6. The largest absolute Gasteiger partial charge is 0.497 e. The van der Waals surface area contributed by atoms with Gasteiger partial charge in [0, 0.05) is 0 Å². The first-order valence-electron chi connectivity index (χ1n) is 10.9. The van der Waals surface area contributed by atoms with Crippen molar-refractivity contribution in [3.05, 3.63) is 81.6 Å². The van der Waals surface area contributed by atoms with Gasteiger partial charge in [0.05, 0.1) is 29.2 Å². The smallest absolute Gasteiger partial charge is 0.284 e. The average molecular weight is 518 g/mol. The molecule has 12 heteroatoms. The maximum absolute atomic E-state index is 12.7. The van der Waals surface area contributed by atoms with E-state index in [2.05, 4.69) is 10.1 Å². The molecule has 2 aromatic carbocycles. The number of thioether (sulfide) groups is 1. The number of hydrogen-bond donors (Lipinski definition) is 1. The fourth-order valence-corrected chi connectivity index (χ4v) is 4.46. The molecule has 1 amide bonds. The fraction of sp³-hybridized carbons (Fsp3) is 0.120. The SMILES string of the molecule is COc1ccc(-c2ccc(/C=C3/C(=N)N4N=C(COc5ccccc5C)SC4=NC3=O)o2)c([N+](=O)[O-])c1. The number of aryl methyl sites for hydroxylation is 1. The molecule has 0 radical (unpaired) electrons. The van der Waals surface area contributed by atoms with Crippen LogP contribution in [-0.2, 0) is 4.79 Å². The van der Waals surface area contributed by atoms with Gasteiger partial charge in [-0.25, -0.2) is 0 Å². The number of nitrogens with zero attached hydrogens (tertiary/aromatic N) is 4. The number of carbonyl (C=O) groups excluding carboxylic acids is 1. The van der Waals surface area contributed by atoms with Crippen molar-refractivity contribution >= 4 is 45.5 Å². The summed E-state index contributed by atoms with van der Waals surface area (Å²) in [4.78, 5) is 27.8. The second-order valence-corrected chi connectivity index (χ2v) is 8.95. The maximum Gasteiger partial charge on any atom is 0.284 e. The monoisotopic (exact) mass is 517 g/mol. The third-order valence-electron chi connectivity index (χ3n) is 5.52. The van der Waals surface area contributed by atoms with Gasteiger partial charge in [0.2, 0.25) is 5.17 Å². The van der Waals surface area contributed by atoms with Crippen LogP contribution in [0.25, 0.3) is 17.4 Å². The Kier molecular flexibility index (Phi) is 6.32. The second kappa shape index (κ2) is 9.74. The van der Waals surface area contributed by atoms with Gasteiger partial charge >= 0.3 is 0 Å². The summed E-state index contributed by atoms with van der Waals surface area (Å²) >= 11 is 1.16. The van der Waals surface area contributed by atoms with Crippen molar-refractivity contribution in [3.8, 4) is 22.8 Å². The first-order valence-corrected chi connectivity index (χ1v) is 11.8. The molecule has 0 bridgehead atoms. The van der Waals surface area contributed by atoms with E-state index < -0.39 is 10.8 Å². The lowest BCUT2D eigenvalue weighted by molar-refractivity contribution is -0.384. The number of aliphatic imine (C=N–C) groups is 1. The lowest BCUT2D eigenvalue weighted by atomic mass is 10.1. The van der Waals surface area contributed by atoms with E-state index in [1.807, 2.05) is 31.2 Å². The number of nitro benzene ring substituents is 1. The van der Waals surface area contributed by atoms with Crippen LogP contribution in [0.2, 0.25) is 0 Å². The van der Waals surface area contributed by atoms with E-state index in [0.29, 0.717) is 10.8 Å². The van der Waals surface area contributed by atoms with E-state index in [9.17, 15) is 14.9 Å². The van der Waals surface area contributed by atoms with E-state index in [1.54, 1.807) is 18.2 Å². The third kappa shape index (κ3) is 4.74. The second-order valence-electron chi connectivity index (χ2n) is 7.91. The molecule has 3 heterocycles. The van der Waals surface area contributed by atoms with Gasteiger partial charge in [0.15, 0.2) is 5.84 Å². The number of fused-ring (bicyclic) bond motifs is 1. The van der Waals surface area contributed by atoms with Crippen LogP contribution >= 0.6 is 11.8 Å². The highest BCUT2D eigenvalue weighted by Crippen LogP contribution is 2.35. The zero-order valence-corrected chi connectivity index (χ0v) is 20.4. The number of carbonyl (C=O) groups is 1. The Morgan fingerprint density at radius 1 is 1.22 bits per heavy atom. The van der Waals surface area contributed by atoms with Gasteiger partial charge in [-0.3, -0.25) is 20.3 Å². The lowest BCUT2D eigenvalue weighted by Crippen LogP contribution is -2.35. The molecule has 0 aliphatic carbocycles. The quantitative estimate of drug-likeness (QED) is 0.266. The molecule has 0 spiro atoms. The Labute approximate surface area is 214 Å². The van der Waals surface area contributed by atoms with Crippen LogP contribution in [0.3, 0.4) is 0 Å². The van der Waals surface area contributed by atoms with Crippen molar-refractivity contribution in [1.29, 1.82) is 5.41 Å². The van der Waals surface area contributed by atoms with Crippen molar-refractivity contribution in [2.24, 2.45) is 10.1 Å². The molecule has 1 aromatic heterocycles. The molecule has 0 fully saturated rings. The van der Waals surface area contributed by atoms with E-state index in [1.165, 1.54) is 30.3 Å². The van der Waals surface area contributed by atoms with Gasteiger partial charge in [-0.1, -0.05) is 18.2 Å². The summed E-state index contributed by atoms with van der Waals surface area (Å²) in [6, 6.07) is 15.1. The van der Waals surface area contributed by atoms with Crippen LogP contribution in [0.1, 0.15) is 11.3 Å². The topological polar surface area (TPSA) is 144 Å². The van der Waals surface area contributed by atoms with Gasteiger partial charge in [-0.15, -0.1) is 0 Å². The summed E-state index contributed by atoms with van der Waals surface area (Å²) < 4.78 is 16.7. The number of amides is 1. The van der Waals surface area contributed by atoms with Crippen LogP contribution in [0.15, 0.2) is 74.7 Å². The number of para-hydroxylation sites is 1. The third-order valence-corrected chi connectivity index (χ3v) is 6.40. The number of furan rings is 1. The van der Waals surface area contributed by atoms with E-state index >= 15 is 0 Å². The van der Waals surface area contributed by atoms with Crippen molar-refractivity contribution in [2.45, 2.75) is 6.92 Å². The Balaban J connectivity index is 1.37. The molecular formula is C25H19N5O6S. The molecule has 0 unspecified atom stereocenters.